The molecule has 6 aromatic rings. The van der Waals surface area contributed by atoms with Gasteiger partial charge in [-0.25, -0.2) is 0 Å². The van der Waals surface area contributed by atoms with Gasteiger partial charge < -0.3 is 0 Å². The van der Waals surface area contributed by atoms with E-state index in [1.807, 2.05) is 0 Å². The second-order valence-electron chi connectivity index (χ2n) is 15.7. The molecule has 0 spiro atoms. The number of rotatable bonds is 4. The summed E-state index contributed by atoms with van der Waals surface area (Å²) >= 11 is 0. The molecule has 2 aliphatic rings. The van der Waals surface area contributed by atoms with Crippen LogP contribution >= 0.6 is 0 Å². The maximum Gasteiger partial charge on any atom is 0.0102 e. The van der Waals surface area contributed by atoms with Crippen LogP contribution in [0.15, 0.2) is 121 Å². The minimum absolute atomic E-state index is 0.0353. The summed E-state index contributed by atoms with van der Waals surface area (Å²) in [6.07, 6.45) is 2.24. The molecule has 0 amide bonds. The zero-order valence-corrected chi connectivity index (χ0v) is 28.1. The second-order valence-corrected chi connectivity index (χ2v) is 15.7. The summed E-state index contributed by atoms with van der Waals surface area (Å²) in [5.74, 6) is 0.775. The molecule has 6 aromatic carbocycles. The van der Waals surface area contributed by atoms with Crippen molar-refractivity contribution < 1.29 is 0 Å². The lowest BCUT2D eigenvalue weighted by molar-refractivity contribution is 0.582. The maximum absolute atomic E-state index is 2.57. The van der Waals surface area contributed by atoms with Crippen molar-refractivity contribution >= 4 is 10.8 Å². The Morgan fingerprint density at radius 2 is 0.957 bits per heavy atom. The van der Waals surface area contributed by atoms with Crippen LogP contribution in [0.25, 0.3) is 44.2 Å². The first kappa shape index (κ1) is 29.0. The van der Waals surface area contributed by atoms with Gasteiger partial charge >= 0.3 is 0 Å². The van der Waals surface area contributed by atoms with Gasteiger partial charge in [0.2, 0.25) is 0 Å². The molecule has 1 unspecified atom stereocenters. The van der Waals surface area contributed by atoms with Crippen molar-refractivity contribution in [1.29, 1.82) is 0 Å². The van der Waals surface area contributed by atoms with Crippen LogP contribution in [0.4, 0.5) is 0 Å². The van der Waals surface area contributed by atoms with Gasteiger partial charge in [0.1, 0.15) is 0 Å². The van der Waals surface area contributed by atoms with E-state index in [0.29, 0.717) is 11.8 Å². The molecule has 0 heteroatoms. The van der Waals surface area contributed by atoms with Gasteiger partial charge in [-0.05, 0) is 107 Å². The van der Waals surface area contributed by atoms with E-state index in [9.17, 15) is 0 Å². The summed E-state index contributed by atoms with van der Waals surface area (Å²) in [5, 5.41) is 2.63. The van der Waals surface area contributed by atoms with Gasteiger partial charge in [0, 0.05) is 11.8 Å². The lowest BCUT2D eigenvalue weighted by Crippen LogP contribution is -2.13. The summed E-state index contributed by atoms with van der Waals surface area (Å²) in [6, 6.07) is 46.4. The van der Waals surface area contributed by atoms with E-state index in [4.69, 9.17) is 0 Å². The van der Waals surface area contributed by atoms with Crippen LogP contribution < -0.4 is 0 Å². The highest BCUT2D eigenvalue weighted by Crippen LogP contribution is 2.55. The molecule has 0 heterocycles. The Balaban J connectivity index is 1.33. The Morgan fingerprint density at radius 3 is 1.63 bits per heavy atom. The van der Waals surface area contributed by atoms with Crippen molar-refractivity contribution in [3.05, 3.63) is 155 Å². The quantitative estimate of drug-likeness (QED) is 0.190. The van der Waals surface area contributed by atoms with Gasteiger partial charge in [0.05, 0.1) is 0 Å². The molecular formula is C46H44. The van der Waals surface area contributed by atoms with E-state index in [-0.39, 0.29) is 10.8 Å². The number of hydrogen-bond acceptors (Lipinski definition) is 0. The normalized spacial score (nSPS) is 15.5. The SMILES string of the molecule is CC(C)(C)c1ccc2c(c1)C(CCC1c3ccccc3-c3ccccc31)c1cc(C(C)(C)C)cc(-c3cccc4ccccc34)c1-2. The lowest BCUT2D eigenvalue weighted by atomic mass is 9.79. The number of hydrogen-bond donors (Lipinski definition) is 0. The second kappa shape index (κ2) is 10.6. The molecule has 0 N–H and O–H groups in total. The molecule has 228 valence electrons. The first-order valence-corrected chi connectivity index (χ1v) is 17.1. The van der Waals surface area contributed by atoms with Crippen molar-refractivity contribution in [1.82, 2.24) is 0 Å². The standard InChI is InChI=1S/C46H44/c1-45(2,3)30-22-23-40-41(26-30)39(25-24-38-36-19-11-9-17-34(36)35-18-10-12-20-37(35)38)43-28-31(46(4,5)6)27-42(44(40)43)33-21-13-15-29-14-7-8-16-32(29)33/h7-23,26-28,38-39H,24-25H2,1-6H3. The highest BCUT2D eigenvalue weighted by atomic mass is 14.4. The van der Waals surface area contributed by atoms with Crippen LogP contribution in [-0.4, -0.2) is 0 Å². The van der Waals surface area contributed by atoms with Gasteiger partial charge in [0.25, 0.3) is 0 Å². The molecule has 0 aromatic heterocycles. The molecule has 0 nitrogen and oxygen atoms in total. The largest absolute Gasteiger partial charge is 0.0619 e. The van der Waals surface area contributed by atoms with Crippen molar-refractivity contribution in [2.24, 2.45) is 0 Å². The lowest BCUT2D eigenvalue weighted by Gasteiger charge is -2.25. The smallest absolute Gasteiger partial charge is 0.0102 e. The average Bonchev–Trinajstić information content (AvgIpc) is 3.54. The van der Waals surface area contributed by atoms with Crippen molar-refractivity contribution in [2.75, 3.05) is 0 Å². The molecule has 0 radical (unpaired) electrons. The predicted octanol–water partition coefficient (Wildman–Crippen LogP) is 12.8. The molecule has 8 rings (SSSR count). The van der Waals surface area contributed by atoms with Gasteiger partial charge in [0.15, 0.2) is 0 Å². The van der Waals surface area contributed by atoms with Gasteiger partial charge in [-0.3, -0.25) is 0 Å². The Hall–Kier alpha value is -4.42. The van der Waals surface area contributed by atoms with E-state index in [1.165, 1.54) is 77.5 Å². The van der Waals surface area contributed by atoms with Crippen LogP contribution in [0.5, 0.6) is 0 Å². The Labute approximate surface area is 275 Å². The molecule has 0 saturated carbocycles. The van der Waals surface area contributed by atoms with Crippen LogP contribution in [0, 0.1) is 0 Å². The number of fused-ring (bicyclic) bond motifs is 7. The fourth-order valence-corrected chi connectivity index (χ4v) is 8.27. The topological polar surface area (TPSA) is 0 Å². The van der Waals surface area contributed by atoms with Crippen LogP contribution in [0.1, 0.15) is 99.6 Å². The molecule has 46 heavy (non-hydrogen) atoms. The Bertz CT molecular complexity index is 2080. The molecule has 0 aliphatic heterocycles. The van der Waals surface area contributed by atoms with Crippen molar-refractivity contribution in [2.45, 2.75) is 77.0 Å². The number of benzene rings is 6. The minimum atomic E-state index is 0.0353. The highest BCUT2D eigenvalue weighted by Gasteiger charge is 2.36. The molecule has 2 aliphatic carbocycles. The Kier molecular flexibility index (Phi) is 6.66. The van der Waals surface area contributed by atoms with E-state index < -0.39 is 0 Å². The van der Waals surface area contributed by atoms with Crippen LogP contribution in [-0.2, 0) is 10.8 Å². The van der Waals surface area contributed by atoms with Crippen molar-refractivity contribution in [3.63, 3.8) is 0 Å². The first-order chi connectivity index (χ1) is 22.1. The molecule has 0 bridgehead atoms. The summed E-state index contributed by atoms with van der Waals surface area (Å²) in [7, 11) is 0. The molecule has 0 fully saturated rings. The average molecular weight is 597 g/mol. The Morgan fingerprint density at radius 1 is 0.413 bits per heavy atom. The van der Waals surface area contributed by atoms with E-state index >= 15 is 0 Å². The summed E-state index contributed by atoms with van der Waals surface area (Å²) in [6.45, 7) is 14.1. The summed E-state index contributed by atoms with van der Waals surface area (Å²) in [4.78, 5) is 0. The van der Waals surface area contributed by atoms with Crippen LogP contribution in [0.2, 0.25) is 0 Å². The van der Waals surface area contributed by atoms with Crippen LogP contribution in [0.3, 0.4) is 0 Å². The third-order valence-electron chi connectivity index (χ3n) is 10.8. The molecule has 1 atom stereocenters. The van der Waals surface area contributed by atoms with Gasteiger partial charge in [-0.2, -0.15) is 0 Å². The zero-order valence-electron chi connectivity index (χ0n) is 28.1. The predicted molar refractivity (Wildman–Crippen MR) is 197 cm³/mol. The monoisotopic (exact) mass is 596 g/mol. The fraction of sp³-hybridized carbons (Fsp3) is 0.261. The van der Waals surface area contributed by atoms with E-state index in [1.54, 1.807) is 0 Å². The molecule has 0 saturated heterocycles. The zero-order chi connectivity index (χ0) is 31.8. The fourth-order valence-electron chi connectivity index (χ4n) is 8.27. The van der Waals surface area contributed by atoms with E-state index in [0.717, 1.165) is 12.8 Å². The van der Waals surface area contributed by atoms with Gasteiger partial charge in [-0.1, -0.05) is 157 Å². The summed E-state index contributed by atoms with van der Waals surface area (Å²) in [5.41, 5.74) is 17.4. The minimum Gasteiger partial charge on any atom is -0.0619 e. The maximum atomic E-state index is 2.57. The first-order valence-electron chi connectivity index (χ1n) is 17.1. The third-order valence-corrected chi connectivity index (χ3v) is 10.8. The van der Waals surface area contributed by atoms with Crippen molar-refractivity contribution in [3.8, 4) is 33.4 Å². The molecular weight excluding hydrogens is 553 g/mol. The third kappa shape index (κ3) is 4.65. The summed E-state index contributed by atoms with van der Waals surface area (Å²) < 4.78 is 0. The van der Waals surface area contributed by atoms with Gasteiger partial charge in [-0.15, -0.1) is 0 Å². The highest BCUT2D eigenvalue weighted by molar-refractivity contribution is 6.03. The van der Waals surface area contributed by atoms with E-state index in [2.05, 4.69) is 163 Å².